The zero-order chi connectivity index (χ0) is 14.7. The Balaban J connectivity index is 2.42. The Morgan fingerprint density at radius 1 is 1.15 bits per heavy atom. The monoisotopic (exact) mass is 335 g/mol. The summed E-state index contributed by atoms with van der Waals surface area (Å²) < 4.78 is 27.5. The molecule has 1 atom stereocenters. The van der Waals surface area contributed by atoms with Gasteiger partial charge in [0.1, 0.15) is 17.6 Å². The predicted molar refractivity (Wildman–Crippen MR) is 73.2 cm³/mol. The van der Waals surface area contributed by atoms with E-state index in [1.807, 2.05) is 6.07 Å². The van der Waals surface area contributed by atoms with E-state index in [9.17, 15) is 13.6 Å². The Morgan fingerprint density at radius 2 is 1.80 bits per heavy atom. The summed E-state index contributed by atoms with van der Waals surface area (Å²) in [6.07, 6.45) is 0. The number of ketones is 1. The second-order valence-electron chi connectivity index (χ2n) is 4.10. The van der Waals surface area contributed by atoms with Crippen LogP contribution in [0.5, 0.6) is 0 Å². The maximum absolute atomic E-state index is 13.6. The lowest BCUT2D eigenvalue weighted by molar-refractivity contribution is 0.0974. The van der Waals surface area contributed by atoms with Crippen molar-refractivity contribution in [3.05, 3.63) is 69.7 Å². The smallest absolute Gasteiger partial charge is 0.187 e. The lowest BCUT2D eigenvalue weighted by Crippen LogP contribution is -2.13. The number of nitriles is 1. The molecule has 0 heterocycles. The number of hydrogen-bond acceptors (Lipinski definition) is 2. The van der Waals surface area contributed by atoms with Crippen molar-refractivity contribution >= 4 is 21.7 Å². The fourth-order valence-corrected chi connectivity index (χ4v) is 2.05. The standard InChI is InChI=1S/C15H8BrF2NO/c16-10-3-1-9(2-4-10)13(8-19)15(20)12-7-11(17)5-6-14(12)18/h1-7,13H. The van der Waals surface area contributed by atoms with Crippen LogP contribution in [-0.4, -0.2) is 5.78 Å². The van der Waals surface area contributed by atoms with Crippen LogP contribution in [0.4, 0.5) is 8.78 Å². The van der Waals surface area contributed by atoms with E-state index in [0.717, 1.165) is 22.7 Å². The van der Waals surface area contributed by atoms with Crippen LogP contribution in [0.3, 0.4) is 0 Å². The molecule has 0 radical (unpaired) electrons. The summed E-state index contributed by atoms with van der Waals surface area (Å²) in [5, 5.41) is 9.14. The SMILES string of the molecule is N#CC(C(=O)c1cc(F)ccc1F)c1ccc(Br)cc1. The molecule has 0 aliphatic carbocycles. The Hall–Kier alpha value is -2.06. The van der Waals surface area contributed by atoms with E-state index in [-0.39, 0.29) is 0 Å². The fourth-order valence-electron chi connectivity index (χ4n) is 1.78. The van der Waals surface area contributed by atoms with E-state index in [1.54, 1.807) is 24.3 Å². The molecule has 1 unspecified atom stereocenters. The molecule has 20 heavy (non-hydrogen) atoms. The van der Waals surface area contributed by atoms with Crippen molar-refractivity contribution in [3.63, 3.8) is 0 Å². The molecule has 0 aliphatic rings. The van der Waals surface area contributed by atoms with Crippen LogP contribution < -0.4 is 0 Å². The van der Waals surface area contributed by atoms with E-state index in [2.05, 4.69) is 15.9 Å². The molecular weight excluding hydrogens is 328 g/mol. The van der Waals surface area contributed by atoms with Crippen molar-refractivity contribution in [1.29, 1.82) is 5.26 Å². The molecule has 0 spiro atoms. The third-order valence-corrected chi connectivity index (χ3v) is 3.32. The summed E-state index contributed by atoms with van der Waals surface area (Å²) in [7, 11) is 0. The molecule has 0 aliphatic heterocycles. The summed E-state index contributed by atoms with van der Waals surface area (Å²) >= 11 is 3.24. The minimum absolute atomic E-state index is 0.417. The Labute approximate surface area is 122 Å². The van der Waals surface area contributed by atoms with Gasteiger partial charge in [0, 0.05) is 4.47 Å². The van der Waals surface area contributed by atoms with E-state index in [1.165, 1.54) is 0 Å². The number of rotatable bonds is 3. The minimum Gasteiger partial charge on any atom is -0.292 e. The van der Waals surface area contributed by atoms with Crippen molar-refractivity contribution in [2.45, 2.75) is 5.92 Å². The highest BCUT2D eigenvalue weighted by Gasteiger charge is 2.24. The second-order valence-corrected chi connectivity index (χ2v) is 5.02. The molecule has 5 heteroatoms. The van der Waals surface area contributed by atoms with Crippen LogP contribution in [0.25, 0.3) is 0 Å². The first-order valence-electron chi connectivity index (χ1n) is 5.67. The van der Waals surface area contributed by atoms with Gasteiger partial charge in [-0.05, 0) is 35.9 Å². The zero-order valence-corrected chi connectivity index (χ0v) is 11.7. The third-order valence-electron chi connectivity index (χ3n) is 2.79. The number of halogens is 3. The van der Waals surface area contributed by atoms with Gasteiger partial charge in [-0.15, -0.1) is 0 Å². The van der Waals surface area contributed by atoms with Gasteiger partial charge in [0.05, 0.1) is 11.6 Å². The molecule has 2 nitrogen and oxygen atoms in total. The molecule has 0 fully saturated rings. The molecule has 2 aromatic carbocycles. The van der Waals surface area contributed by atoms with Crippen LogP contribution >= 0.6 is 15.9 Å². The van der Waals surface area contributed by atoms with Crippen LogP contribution in [0.1, 0.15) is 21.8 Å². The van der Waals surface area contributed by atoms with Gasteiger partial charge in [0.15, 0.2) is 5.78 Å². The predicted octanol–water partition coefficient (Wildman–Crippen LogP) is 4.22. The zero-order valence-electron chi connectivity index (χ0n) is 10.1. The first kappa shape index (κ1) is 14.4. The van der Waals surface area contributed by atoms with Gasteiger partial charge in [0.25, 0.3) is 0 Å². The molecule has 0 N–H and O–H groups in total. The summed E-state index contributed by atoms with van der Waals surface area (Å²) in [6, 6.07) is 11.0. The molecule has 0 saturated heterocycles. The average molecular weight is 336 g/mol. The third kappa shape index (κ3) is 2.91. The first-order valence-corrected chi connectivity index (χ1v) is 6.46. The van der Waals surface area contributed by atoms with E-state index >= 15 is 0 Å². The van der Waals surface area contributed by atoms with Crippen LogP contribution in [0.2, 0.25) is 0 Å². The highest BCUT2D eigenvalue weighted by atomic mass is 79.9. The minimum atomic E-state index is -1.17. The summed E-state index contributed by atoms with van der Waals surface area (Å²) in [5.41, 5.74) is 0.0174. The maximum Gasteiger partial charge on any atom is 0.187 e. The van der Waals surface area contributed by atoms with Gasteiger partial charge in [-0.2, -0.15) is 5.26 Å². The van der Waals surface area contributed by atoms with Crippen molar-refractivity contribution < 1.29 is 13.6 Å². The summed E-state index contributed by atoms with van der Waals surface area (Å²) in [4.78, 5) is 12.2. The first-order chi connectivity index (χ1) is 9.52. The quantitative estimate of drug-likeness (QED) is 0.788. The highest BCUT2D eigenvalue weighted by Crippen LogP contribution is 2.24. The molecule has 2 rings (SSSR count). The van der Waals surface area contributed by atoms with Crippen LogP contribution in [0, 0.1) is 23.0 Å². The lowest BCUT2D eigenvalue weighted by Gasteiger charge is -2.09. The number of carbonyl (C=O) groups excluding carboxylic acids is 1. The van der Waals surface area contributed by atoms with Crippen molar-refractivity contribution in [1.82, 2.24) is 0 Å². The summed E-state index contributed by atoms with van der Waals surface area (Å²) in [5.74, 6) is -3.48. The molecule has 2 aromatic rings. The number of benzene rings is 2. The molecular formula is C15H8BrF2NO. The summed E-state index contributed by atoms with van der Waals surface area (Å²) in [6.45, 7) is 0. The Morgan fingerprint density at radius 3 is 2.40 bits per heavy atom. The number of carbonyl (C=O) groups is 1. The van der Waals surface area contributed by atoms with Gasteiger partial charge >= 0.3 is 0 Å². The molecule has 0 aromatic heterocycles. The number of nitrogens with zero attached hydrogens (tertiary/aromatic N) is 1. The Kier molecular flexibility index (Phi) is 4.26. The normalized spacial score (nSPS) is 11.7. The molecule has 0 amide bonds. The molecule has 100 valence electrons. The van der Waals surface area contributed by atoms with Gasteiger partial charge in [-0.3, -0.25) is 4.79 Å². The fraction of sp³-hybridized carbons (Fsp3) is 0.0667. The molecule has 0 saturated carbocycles. The van der Waals surface area contributed by atoms with E-state index < -0.39 is 28.9 Å². The van der Waals surface area contributed by atoms with Crippen molar-refractivity contribution in [2.24, 2.45) is 0 Å². The largest absolute Gasteiger partial charge is 0.292 e. The van der Waals surface area contributed by atoms with Crippen molar-refractivity contribution in [3.8, 4) is 6.07 Å². The molecule has 0 bridgehead atoms. The average Bonchev–Trinajstić information content (AvgIpc) is 2.44. The van der Waals surface area contributed by atoms with E-state index in [4.69, 9.17) is 5.26 Å². The van der Waals surface area contributed by atoms with E-state index in [0.29, 0.717) is 5.56 Å². The lowest BCUT2D eigenvalue weighted by atomic mass is 9.91. The van der Waals surface area contributed by atoms with Gasteiger partial charge in [-0.25, -0.2) is 8.78 Å². The Bertz CT molecular complexity index is 692. The topological polar surface area (TPSA) is 40.9 Å². The second kappa shape index (κ2) is 5.93. The maximum atomic E-state index is 13.6. The van der Waals surface area contributed by atoms with Crippen LogP contribution in [-0.2, 0) is 0 Å². The van der Waals surface area contributed by atoms with Gasteiger partial charge in [-0.1, -0.05) is 28.1 Å². The number of hydrogen-bond donors (Lipinski definition) is 0. The van der Waals surface area contributed by atoms with Crippen molar-refractivity contribution in [2.75, 3.05) is 0 Å². The number of Topliss-reactive ketones (excluding diaryl/α,β-unsaturated/α-hetero) is 1. The van der Waals surface area contributed by atoms with Gasteiger partial charge < -0.3 is 0 Å². The van der Waals surface area contributed by atoms with Crippen LogP contribution in [0.15, 0.2) is 46.9 Å². The highest BCUT2D eigenvalue weighted by molar-refractivity contribution is 9.10. The van der Waals surface area contributed by atoms with Gasteiger partial charge in [0.2, 0.25) is 0 Å².